The Morgan fingerprint density at radius 1 is 0.842 bits per heavy atom. The Morgan fingerprint density at radius 3 is 2.21 bits per heavy atom. The monoisotopic (exact) mass is 268 g/mol. The fraction of sp³-hybridized carbons (Fsp3) is 0.0714. The summed E-state index contributed by atoms with van der Waals surface area (Å²) >= 11 is 0. The van der Waals surface area contributed by atoms with Crippen LogP contribution in [0.15, 0.2) is 36.4 Å². The van der Waals surface area contributed by atoms with Gasteiger partial charge in [-0.1, -0.05) is 6.07 Å². The highest BCUT2D eigenvalue weighted by Crippen LogP contribution is 2.15. The lowest BCUT2D eigenvalue weighted by atomic mass is 10.0. The van der Waals surface area contributed by atoms with Crippen LogP contribution in [0.3, 0.4) is 0 Å². The molecule has 19 heavy (non-hydrogen) atoms. The molecule has 0 aromatic heterocycles. The second-order valence-electron chi connectivity index (χ2n) is 3.97. The van der Waals surface area contributed by atoms with E-state index >= 15 is 0 Å². The molecule has 0 aliphatic carbocycles. The molecule has 2 rings (SSSR count). The standard InChI is InChI=1S/C14H8F4O/c15-9-2-4-11(16)10(7-9)14(19)6-8-1-3-12(17)13(18)5-8/h1-5,7H,6H2. The highest BCUT2D eigenvalue weighted by atomic mass is 19.2. The first-order chi connectivity index (χ1) is 8.97. The minimum atomic E-state index is -1.09. The third-order valence-corrected chi connectivity index (χ3v) is 2.58. The number of Topliss-reactive ketones (excluding diaryl/α,β-unsaturated/α-hetero) is 1. The number of carbonyl (C=O) groups is 1. The van der Waals surface area contributed by atoms with Gasteiger partial charge in [-0.15, -0.1) is 0 Å². The van der Waals surface area contributed by atoms with E-state index in [4.69, 9.17) is 0 Å². The first-order valence-electron chi connectivity index (χ1n) is 5.39. The molecule has 0 aliphatic rings. The van der Waals surface area contributed by atoms with Crippen molar-refractivity contribution in [2.24, 2.45) is 0 Å². The van der Waals surface area contributed by atoms with Crippen LogP contribution in [0.1, 0.15) is 15.9 Å². The van der Waals surface area contributed by atoms with Gasteiger partial charge in [0.25, 0.3) is 0 Å². The molecule has 0 heterocycles. The summed E-state index contributed by atoms with van der Waals surface area (Å²) in [5.74, 6) is -4.43. The van der Waals surface area contributed by atoms with E-state index in [1.165, 1.54) is 6.07 Å². The molecule has 2 aromatic rings. The largest absolute Gasteiger partial charge is 0.294 e. The topological polar surface area (TPSA) is 17.1 Å². The van der Waals surface area contributed by atoms with Gasteiger partial charge in [0.2, 0.25) is 0 Å². The van der Waals surface area contributed by atoms with Crippen molar-refractivity contribution in [1.82, 2.24) is 0 Å². The average molecular weight is 268 g/mol. The van der Waals surface area contributed by atoms with Gasteiger partial charge in [0.1, 0.15) is 11.6 Å². The summed E-state index contributed by atoms with van der Waals surface area (Å²) in [6.45, 7) is 0. The van der Waals surface area contributed by atoms with Crippen molar-refractivity contribution in [2.75, 3.05) is 0 Å². The summed E-state index contributed by atoms with van der Waals surface area (Å²) in [6.07, 6.45) is -0.336. The second kappa shape index (κ2) is 5.22. The van der Waals surface area contributed by atoms with Crippen LogP contribution < -0.4 is 0 Å². The van der Waals surface area contributed by atoms with Crippen LogP contribution in [0.5, 0.6) is 0 Å². The molecule has 0 bridgehead atoms. The molecule has 0 N–H and O–H groups in total. The number of benzene rings is 2. The molecule has 2 aromatic carbocycles. The van der Waals surface area contributed by atoms with Crippen LogP contribution in [0.4, 0.5) is 17.6 Å². The fourth-order valence-corrected chi connectivity index (χ4v) is 1.64. The smallest absolute Gasteiger partial charge is 0.170 e. The molecule has 0 unspecified atom stereocenters. The zero-order valence-corrected chi connectivity index (χ0v) is 9.59. The Hall–Kier alpha value is -2.17. The SMILES string of the molecule is O=C(Cc1ccc(F)c(F)c1)c1cc(F)ccc1F. The van der Waals surface area contributed by atoms with Crippen LogP contribution in [0, 0.1) is 23.3 Å². The van der Waals surface area contributed by atoms with E-state index in [1.54, 1.807) is 0 Å². The fourth-order valence-electron chi connectivity index (χ4n) is 1.64. The van der Waals surface area contributed by atoms with Crippen molar-refractivity contribution in [2.45, 2.75) is 6.42 Å². The molecule has 0 atom stereocenters. The van der Waals surface area contributed by atoms with Crippen LogP contribution in [0.25, 0.3) is 0 Å². The Bertz CT molecular complexity index is 637. The Balaban J connectivity index is 2.25. The summed E-state index contributed by atoms with van der Waals surface area (Å²) in [5.41, 5.74) is -0.225. The predicted molar refractivity (Wildman–Crippen MR) is 60.8 cm³/mol. The molecule has 0 fully saturated rings. The van der Waals surface area contributed by atoms with Crippen molar-refractivity contribution in [3.63, 3.8) is 0 Å². The lowest BCUT2D eigenvalue weighted by Gasteiger charge is -2.04. The first kappa shape index (κ1) is 13.3. The van der Waals surface area contributed by atoms with Crippen molar-refractivity contribution in [3.8, 4) is 0 Å². The zero-order valence-electron chi connectivity index (χ0n) is 9.59. The first-order valence-corrected chi connectivity index (χ1v) is 5.39. The maximum absolute atomic E-state index is 13.3. The maximum Gasteiger partial charge on any atom is 0.170 e. The van der Waals surface area contributed by atoms with E-state index in [-0.39, 0.29) is 12.0 Å². The summed E-state index contributed by atoms with van der Waals surface area (Å²) in [4.78, 5) is 11.8. The number of rotatable bonds is 3. The van der Waals surface area contributed by atoms with Crippen LogP contribution in [0.2, 0.25) is 0 Å². The minimum absolute atomic E-state index is 0.188. The van der Waals surface area contributed by atoms with Crippen molar-refractivity contribution >= 4 is 5.78 Å². The molecule has 5 heteroatoms. The van der Waals surface area contributed by atoms with E-state index in [2.05, 4.69) is 0 Å². The van der Waals surface area contributed by atoms with Crippen molar-refractivity contribution in [3.05, 3.63) is 70.8 Å². The summed E-state index contributed by atoms with van der Waals surface area (Å²) in [6, 6.07) is 5.45. The summed E-state index contributed by atoms with van der Waals surface area (Å²) in [5, 5.41) is 0. The van der Waals surface area contributed by atoms with Gasteiger partial charge in [0.15, 0.2) is 17.4 Å². The Labute approximate surface area is 106 Å². The molecule has 0 radical (unpaired) electrons. The molecule has 0 saturated carbocycles. The highest BCUT2D eigenvalue weighted by Gasteiger charge is 2.14. The highest BCUT2D eigenvalue weighted by molar-refractivity contribution is 5.97. The average Bonchev–Trinajstić information content (AvgIpc) is 2.36. The van der Waals surface area contributed by atoms with E-state index in [0.29, 0.717) is 0 Å². The number of hydrogen-bond acceptors (Lipinski definition) is 1. The molecule has 98 valence electrons. The van der Waals surface area contributed by atoms with Gasteiger partial charge < -0.3 is 0 Å². The van der Waals surface area contributed by atoms with Crippen LogP contribution in [-0.2, 0) is 6.42 Å². The van der Waals surface area contributed by atoms with Gasteiger partial charge in [0, 0.05) is 6.42 Å². The van der Waals surface area contributed by atoms with Crippen LogP contribution >= 0.6 is 0 Å². The van der Waals surface area contributed by atoms with Crippen LogP contribution in [-0.4, -0.2) is 5.78 Å². The molecule has 0 saturated heterocycles. The van der Waals surface area contributed by atoms with Gasteiger partial charge in [-0.25, -0.2) is 17.6 Å². The molecule has 0 aliphatic heterocycles. The number of carbonyl (C=O) groups excluding carboxylic acids is 1. The zero-order chi connectivity index (χ0) is 14.0. The van der Waals surface area contributed by atoms with E-state index < -0.39 is 34.6 Å². The molecular weight excluding hydrogens is 260 g/mol. The number of halogens is 4. The number of ketones is 1. The maximum atomic E-state index is 13.3. The third-order valence-electron chi connectivity index (χ3n) is 2.58. The summed E-state index contributed by atoms with van der Waals surface area (Å²) < 4.78 is 51.9. The summed E-state index contributed by atoms with van der Waals surface area (Å²) in [7, 11) is 0. The Kier molecular flexibility index (Phi) is 3.64. The lowest BCUT2D eigenvalue weighted by molar-refractivity contribution is 0.0988. The lowest BCUT2D eigenvalue weighted by Crippen LogP contribution is -2.07. The molecule has 1 nitrogen and oxygen atoms in total. The third kappa shape index (κ3) is 2.99. The van der Waals surface area contributed by atoms with Gasteiger partial charge >= 0.3 is 0 Å². The van der Waals surface area contributed by atoms with E-state index in [1.807, 2.05) is 0 Å². The van der Waals surface area contributed by atoms with Crippen molar-refractivity contribution in [1.29, 1.82) is 0 Å². The Morgan fingerprint density at radius 2 is 1.53 bits per heavy atom. The van der Waals surface area contributed by atoms with Gasteiger partial charge in [-0.2, -0.15) is 0 Å². The molecule has 0 spiro atoms. The quantitative estimate of drug-likeness (QED) is 0.613. The molecular formula is C14H8F4O. The normalized spacial score (nSPS) is 10.5. The van der Waals surface area contributed by atoms with Gasteiger partial charge in [-0.3, -0.25) is 4.79 Å². The minimum Gasteiger partial charge on any atom is -0.294 e. The second-order valence-corrected chi connectivity index (χ2v) is 3.97. The van der Waals surface area contributed by atoms with Crippen molar-refractivity contribution < 1.29 is 22.4 Å². The van der Waals surface area contributed by atoms with E-state index in [9.17, 15) is 22.4 Å². The number of hydrogen-bond donors (Lipinski definition) is 0. The van der Waals surface area contributed by atoms with E-state index in [0.717, 1.165) is 30.3 Å². The van der Waals surface area contributed by atoms with Gasteiger partial charge in [0.05, 0.1) is 5.56 Å². The van der Waals surface area contributed by atoms with Gasteiger partial charge in [-0.05, 0) is 35.9 Å². The molecule has 0 amide bonds. The predicted octanol–water partition coefficient (Wildman–Crippen LogP) is 3.67.